The number of carbonyl (C=O) groups is 2. The molecule has 2 aliphatic heterocycles. The molecule has 0 saturated carbocycles. The Hall–Kier alpha value is -2.36. The number of amides is 2. The minimum Gasteiger partial charge on any atom is -0.372 e. The molecule has 0 unspecified atom stereocenters. The highest BCUT2D eigenvalue weighted by molar-refractivity contribution is 7.13. The molecule has 0 spiro atoms. The minimum atomic E-state index is -0.105. The molecular formula is C18H21N5O3S. The van der Waals surface area contributed by atoms with E-state index in [9.17, 15) is 9.59 Å². The zero-order valence-electron chi connectivity index (χ0n) is 14.9. The Morgan fingerprint density at radius 3 is 2.74 bits per heavy atom. The van der Waals surface area contributed by atoms with Crippen molar-refractivity contribution in [1.29, 1.82) is 0 Å². The third kappa shape index (κ3) is 4.49. The van der Waals surface area contributed by atoms with Crippen LogP contribution in [0.4, 0.5) is 5.13 Å². The molecule has 0 aliphatic carbocycles. The highest BCUT2D eigenvalue weighted by atomic mass is 32.1. The van der Waals surface area contributed by atoms with Gasteiger partial charge in [-0.2, -0.15) is 0 Å². The lowest BCUT2D eigenvalue weighted by molar-refractivity contribution is -0.132. The number of benzene rings is 1. The SMILES string of the molecule is O=C(CN1CCN(C(=O)Cc2ccc3c(c2)COC3)CC1)Nc1nncs1. The predicted molar refractivity (Wildman–Crippen MR) is 100 cm³/mol. The van der Waals surface area contributed by atoms with Gasteiger partial charge in [0, 0.05) is 26.2 Å². The van der Waals surface area contributed by atoms with Gasteiger partial charge in [-0.15, -0.1) is 10.2 Å². The van der Waals surface area contributed by atoms with Crippen LogP contribution in [0.5, 0.6) is 0 Å². The number of nitrogens with one attached hydrogen (secondary N) is 1. The second kappa shape index (κ2) is 8.12. The summed E-state index contributed by atoms with van der Waals surface area (Å²) in [5.41, 5.74) is 5.01. The average Bonchev–Trinajstić information content (AvgIpc) is 3.33. The van der Waals surface area contributed by atoms with Gasteiger partial charge in [0.25, 0.3) is 0 Å². The summed E-state index contributed by atoms with van der Waals surface area (Å²) in [6, 6.07) is 6.15. The summed E-state index contributed by atoms with van der Waals surface area (Å²) < 4.78 is 5.43. The van der Waals surface area contributed by atoms with Gasteiger partial charge in [0.15, 0.2) is 0 Å². The Bertz CT molecular complexity index is 818. The van der Waals surface area contributed by atoms with E-state index < -0.39 is 0 Å². The van der Waals surface area contributed by atoms with E-state index >= 15 is 0 Å². The van der Waals surface area contributed by atoms with Gasteiger partial charge < -0.3 is 9.64 Å². The summed E-state index contributed by atoms with van der Waals surface area (Å²) >= 11 is 1.29. The summed E-state index contributed by atoms with van der Waals surface area (Å²) in [5, 5.41) is 10.7. The predicted octanol–water partition coefficient (Wildman–Crippen LogP) is 0.894. The minimum absolute atomic E-state index is 0.105. The third-order valence-corrected chi connectivity index (χ3v) is 5.45. The van der Waals surface area contributed by atoms with Crippen molar-refractivity contribution in [3.63, 3.8) is 0 Å². The van der Waals surface area contributed by atoms with Crippen molar-refractivity contribution >= 4 is 28.3 Å². The molecule has 8 nitrogen and oxygen atoms in total. The van der Waals surface area contributed by atoms with Crippen LogP contribution in [0.15, 0.2) is 23.7 Å². The molecule has 2 aliphatic rings. The van der Waals surface area contributed by atoms with Crippen LogP contribution in [0.2, 0.25) is 0 Å². The van der Waals surface area contributed by atoms with Gasteiger partial charge in [0.1, 0.15) is 5.51 Å². The van der Waals surface area contributed by atoms with Crippen molar-refractivity contribution in [3.8, 4) is 0 Å². The highest BCUT2D eigenvalue weighted by Crippen LogP contribution is 2.21. The van der Waals surface area contributed by atoms with Crippen LogP contribution in [-0.2, 0) is 34.0 Å². The van der Waals surface area contributed by atoms with E-state index in [4.69, 9.17) is 4.74 Å². The van der Waals surface area contributed by atoms with Gasteiger partial charge in [0.2, 0.25) is 16.9 Å². The first-order valence-corrected chi connectivity index (χ1v) is 9.80. The van der Waals surface area contributed by atoms with Gasteiger partial charge in [-0.25, -0.2) is 0 Å². The van der Waals surface area contributed by atoms with Crippen LogP contribution >= 0.6 is 11.3 Å². The molecule has 1 aromatic carbocycles. The lowest BCUT2D eigenvalue weighted by Gasteiger charge is -2.34. The molecule has 3 heterocycles. The Balaban J connectivity index is 1.24. The Morgan fingerprint density at radius 2 is 1.96 bits per heavy atom. The molecule has 2 amide bonds. The largest absolute Gasteiger partial charge is 0.372 e. The topological polar surface area (TPSA) is 87.7 Å². The van der Waals surface area contributed by atoms with Crippen molar-refractivity contribution in [2.24, 2.45) is 0 Å². The zero-order chi connectivity index (χ0) is 18.6. The summed E-state index contributed by atoms with van der Waals surface area (Å²) in [5.74, 6) is 0.0266. The lowest BCUT2D eigenvalue weighted by Crippen LogP contribution is -2.50. The number of carbonyl (C=O) groups excluding carboxylic acids is 2. The molecule has 0 radical (unpaired) electrons. The number of anilines is 1. The van der Waals surface area contributed by atoms with Crippen LogP contribution in [0.3, 0.4) is 0 Å². The highest BCUT2D eigenvalue weighted by Gasteiger charge is 2.23. The molecule has 142 valence electrons. The maximum atomic E-state index is 12.6. The molecular weight excluding hydrogens is 366 g/mol. The van der Waals surface area contributed by atoms with Gasteiger partial charge in [0.05, 0.1) is 26.2 Å². The Kier molecular flexibility index (Phi) is 5.42. The van der Waals surface area contributed by atoms with Crippen LogP contribution < -0.4 is 5.32 Å². The van der Waals surface area contributed by atoms with Gasteiger partial charge in [-0.3, -0.25) is 19.8 Å². The summed E-state index contributed by atoms with van der Waals surface area (Å²) in [6.45, 7) is 4.25. The number of nitrogens with zero attached hydrogens (tertiary/aromatic N) is 4. The fourth-order valence-corrected chi connectivity index (χ4v) is 3.83. The second-order valence-electron chi connectivity index (χ2n) is 6.72. The zero-order valence-corrected chi connectivity index (χ0v) is 15.7. The van der Waals surface area contributed by atoms with E-state index in [1.54, 1.807) is 5.51 Å². The van der Waals surface area contributed by atoms with E-state index in [0.717, 1.165) is 5.56 Å². The summed E-state index contributed by atoms with van der Waals surface area (Å²) in [6.07, 6.45) is 0.408. The summed E-state index contributed by atoms with van der Waals surface area (Å²) in [7, 11) is 0. The average molecular weight is 387 g/mol. The maximum absolute atomic E-state index is 12.6. The number of hydrogen-bond donors (Lipinski definition) is 1. The van der Waals surface area contributed by atoms with Crippen molar-refractivity contribution in [2.75, 3.05) is 38.0 Å². The normalized spacial score (nSPS) is 17.0. The smallest absolute Gasteiger partial charge is 0.240 e. The number of aromatic nitrogens is 2. The van der Waals surface area contributed by atoms with Crippen LogP contribution in [-0.4, -0.2) is 64.5 Å². The summed E-state index contributed by atoms with van der Waals surface area (Å²) in [4.78, 5) is 28.5. The monoisotopic (exact) mass is 387 g/mol. The standard InChI is InChI=1S/C18H21N5O3S/c24-16(20-18-21-19-12-27-18)9-22-3-5-23(6-4-22)17(25)8-13-1-2-14-10-26-11-15(14)7-13/h1-2,7,12H,3-6,8-11H2,(H,20,21,24). The Morgan fingerprint density at radius 1 is 1.15 bits per heavy atom. The van der Waals surface area contributed by atoms with E-state index in [-0.39, 0.29) is 11.8 Å². The molecule has 1 fully saturated rings. The molecule has 9 heteroatoms. The first-order valence-electron chi connectivity index (χ1n) is 8.92. The molecule has 1 N–H and O–H groups in total. The molecule has 4 rings (SSSR count). The fraction of sp³-hybridized carbons (Fsp3) is 0.444. The molecule has 1 saturated heterocycles. The molecule has 1 aromatic heterocycles. The first kappa shape index (κ1) is 18.0. The fourth-order valence-electron chi connectivity index (χ4n) is 3.37. The van der Waals surface area contributed by atoms with Crippen LogP contribution in [0.1, 0.15) is 16.7 Å². The van der Waals surface area contributed by atoms with E-state index in [1.165, 1.54) is 22.5 Å². The van der Waals surface area contributed by atoms with E-state index in [1.807, 2.05) is 15.9 Å². The number of fused-ring (bicyclic) bond motifs is 1. The lowest BCUT2D eigenvalue weighted by atomic mass is 10.0. The number of piperazine rings is 1. The third-order valence-electron chi connectivity index (χ3n) is 4.84. The molecule has 2 aromatic rings. The molecule has 0 bridgehead atoms. The van der Waals surface area contributed by atoms with Gasteiger partial charge in [-0.1, -0.05) is 29.5 Å². The van der Waals surface area contributed by atoms with Gasteiger partial charge >= 0.3 is 0 Å². The second-order valence-corrected chi connectivity index (χ2v) is 7.55. The maximum Gasteiger partial charge on any atom is 0.240 e. The number of ether oxygens (including phenoxy) is 1. The first-order chi connectivity index (χ1) is 13.2. The molecule has 0 atom stereocenters. The van der Waals surface area contributed by atoms with E-state index in [2.05, 4.69) is 27.6 Å². The van der Waals surface area contributed by atoms with Crippen LogP contribution in [0, 0.1) is 0 Å². The quantitative estimate of drug-likeness (QED) is 0.820. The Labute approximate surface area is 161 Å². The van der Waals surface area contributed by atoms with Crippen molar-refractivity contribution in [3.05, 3.63) is 40.4 Å². The van der Waals surface area contributed by atoms with Crippen LogP contribution in [0.25, 0.3) is 0 Å². The van der Waals surface area contributed by atoms with Crippen molar-refractivity contribution in [1.82, 2.24) is 20.0 Å². The number of rotatable bonds is 5. The molecule has 27 heavy (non-hydrogen) atoms. The van der Waals surface area contributed by atoms with Crippen molar-refractivity contribution in [2.45, 2.75) is 19.6 Å². The van der Waals surface area contributed by atoms with Crippen molar-refractivity contribution < 1.29 is 14.3 Å². The van der Waals surface area contributed by atoms with Gasteiger partial charge in [-0.05, 0) is 16.7 Å². The number of hydrogen-bond acceptors (Lipinski definition) is 7. The van der Waals surface area contributed by atoms with E-state index in [0.29, 0.717) is 57.5 Å².